The zero-order valence-corrected chi connectivity index (χ0v) is 8.16. The lowest BCUT2D eigenvalue weighted by atomic mass is 10.2. The van der Waals surface area contributed by atoms with Gasteiger partial charge in [0.2, 0.25) is 0 Å². The van der Waals surface area contributed by atoms with E-state index in [0.29, 0.717) is 0 Å². The second kappa shape index (κ2) is 8.97. The highest BCUT2D eigenvalue weighted by Gasteiger charge is 1.90. The number of nitrogens with zero attached hydrogens (tertiary/aromatic N) is 1. The third-order valence-electron chi connectivity index (χ3n) is 1.49. The molecule has 3 heteroatoms. The molecule has 0 bridgehead atoms. The van der Waals surface area contributed by atoms with Gasteiger partial charge in [0, 0.05) is 18.8 Å². The number of aliphatic imine (C=N–C) groups is 1. The Labute approximate surface area is 79.5 Å². The maximum absolute atomic E-state index is 10.5. The van der Waals surface area contributed by atoms with E-state index in [1.165, 1.54) is 12.8 Å². The van der Waals surface area contributed by atoms with Crippen LogP contribution in [0, 0.1) is 0 Å². The predicted molar refractivity (Wildman–Crippen MR) is 54.0 cm³/mol. The minimum absolute atomic E-state index is 0.247. The van der Waals surface area contributed by atoms with E-state index in [1.807, 2.05) is 0 Å². The van der Waals surface area contributed by atoms with Gasteiger partial charge in [-0.25, -0.2) is 4.79 Å². The number of ether oxygens (including phenoxy) is 1. The van der Waals surface area contributed by atoms with Gasteiger partial charge in [0.1, 0.15) is 6.61 Å². The summed E-state index contributed by atoms with van der Waals surface area (Å²) in [7, 11) is 0. The normalized spacial score (nSPS) is 10.2. The van der Waals surface area contributed by atoms with Gasteiger partial charge in [-0.1, -0.05) is 26.3 Å². The molecular weight excluding hydrogens is 166 g/mol. The van der Waals surface area contributed by atoms with Crippen LogP contribution in [0.5, 0.6) is 0 Å². The van der Waals surface area contributed by atoms with Crippen LogP contribution in [-0.2, 0) is 9.53 Å². The van der Waals surface area contributed by atoms with E-state index in [0.717, 1.165) is 19.0 Å². The van der Waals surface area contributed by atoms with Crippen LogP contribution in [0.25, 0.3) is 0 Å². The van der Waals surface area contributed by atoms with Crippen LogP contribution >= 0.6 is 0 Å². The molecule has 0 aromatic carbocycles. The van der Waals surface area contributed by atoms with E-state index < -0.39 is 5.97 Å². The second-order valence-corrected chi connectivity index (χ2v) is 2.63. The van der Waals surface area contributed by atoms with Gasteiger partial charge in [0.25, 0.3) is 0 Å². The van der Waals surface area contributed by atoms with Gasteiger partial charge in [0.05, 0.1) is 0 Å². The molecule has 0 aromatic heterocycles. The first-order valence-corrected chi connectivity index (χ1v) is 4.58. The average Bonchev–Trinajstić information content (AvgIpc) is 2.16. The molecule has 0 atom stereocenters. The van der Waals surface area contributed by atoms with Crippen LogP contribution in [0.4, 0.5) is 0 Å². The quantitative estimate of drug-likeness (QED) is 0.262. The van der Waals surface area contributed by atoms with Crippen molar-refractivity contribution in [2.24, 2.45) is 4.99 Å². The molecule has 74 valence electrons. The number of hydrogen-bond acceptors (Lipinski definition) is 3. The minimum atomic E-state index is -0.403. The predicted octanol–water partition coefficient (Wildman–Crippen LogP) is 1.98. The summed E-state index contributed by atoms with van der Waals surface area (Å²) >= 11 is 0. The van der Waals surface area contributed by atoms with Crippen LogP contribution in [0.15, 0.2) is 17.6 Å². The van der Waals surface area contributed by atoms with E-state index in [1.54, 1.807) is 6.21 Å². The lowest BCUT2D eigenvalue weighted by Gasteiger charge is -1.95. The summed E-state index contributed by atoms with van der Waals surface area (Å²) in [5.74, 6) is -0.403. The Morgan fingerprint density at radius 1 is 1.54 bits per heavy atom. The lowest BCUT2D eigenvalue weighted by Crippen LogP contribution is -2.02. The highest BCUT2D eigenvalue weighted by Crippen LogP contribution is 1.92. The third kappa shape index (κ3) is 8.79. The number of unbranched alkanes of at least 4 members (excludes halogenated alkanes) is 2. The molecule has 0 aliphatic heterocycles. The van der Waals surface area contributed by atoms with E-state index >= 15 is 0 Å². The molecule has 0 aliphatic carbocycles. The first-order valence-electron chi connectivity index (χ1n) is 4.58. The molecule has 3 nitrogen and oxygen atoms in total. The van der Waals surface area contributed by atoms with Gasteiger partial charge in [-0.2, -0.15) is 0 Å². The molecule has 0 rings (SSSR count). The zero-order chi connectivity index (χ0) is 9.94. The minimum Gasteiger partial charge on any atom is -0.457 e. The van der Waals surface area contributed by atoms with Crippen molar-refractivity contribution >= 4 is 12.2 Å². The summed E-state index contributed by atoms with van der Waals surface area (Å²) in [6, 6.07) is 0. The maximum atomic E-state index is 10.5. The average molecular weight is 183 g/mol. The van der Waals surface area contributed by atoms with Crippen molar-refractivity contribution in [1.82, 2.24) is 0 Å². The molecule has 0 amide bonds. The van der Waals surface area contributed by atoms with Crippen molar-refractivity contribution < 1.29 is 9.53 Å². The Balaban J connectivity index is 3.21. The highest BCUT2D eigenvalue weighted by molar-refractivity contribution is 5.82. The Hall–Kier alpha value is -1.12. The fraction of sp³-hybridized carbons (Fsp3) is 0.600. The van der Waals surface area contributed by atoms with E-state index in [4.69, 9.17) is 4.74 Å². The second-order valence-electron chi connectivity index (χ2n) is 2.63. The summed E-state index contributed by atoms with van der Waals surface area (Å²) in [4.78, 5) is 14.6. The van der Waals surface area contributed by atoms with Crippen LogP contribution in [0.1, 0.15) is 26.2 Å². The highest BCUT2D eigenvalue weighted by atomic mass is 16.5. The molecule has 0 N–H and O–H groups in total. The van der Waals surface area contributed by atoms with Gasteiger partial charge >= 0.3 is 5.97 Å². The maximum Gasteiger partial charge on any atom is 0.330 e. The molecule has 0 fully saturated rings. The number of hydrogen-bond donors (Lipinski definition) is 0. The largest absolute Gasteiger partial charge is 0.457 e. The Kier molecular flexibility index (Phi) is 8.20. The van der Waals surface area contributed by atoms with Crippen LogP contribution in [0.3, 0.4) is 0 Å². The summed E-state index contributed by atoms with van der Waals surface area (Å²) in [5, 5.41) is 0. The first kappa shape index (κ1) is 11.9. The van der Waals surface area contributed by atoms with Crippen molar-refractivity contribution in [2.45, 2.75) is 26.2 Å². The Morgan fingerprint density at radius 2 is 2.31 bits per heavy atom. The first-order chi connectivity index (χ1) is 6.31. The Morgan fingerprint density at radius 3 is 2.92 bits per heavy atom. The fourth-order valence-corrected chi connectivity index (χ4v) is 0.775. The molecular formula is C10H17NO2. The molecule has 0 aromatic rings. The number of esters is 1. The summed E-state index contributed by atoms with van der Waals surface area (Å²) in [6.45, 7) is 6.50. The summed E-state index contributed by atoms with van der Waals surface area (Å²) in [6.07, 6.45) is 6.26. The monoisotopic (exact) mass is 183 g/mol. The van der Waals surface area contributed by atoms with Gasteiger partial charge in [0.15, 0.2) is 0 Å². The van der Waals surface area contributed by atoms with Crippen molar-refractivity contribution in [3.8, 4) is 0 Å². The standard InChI is InChI=1S/C10H17NO2/c1-3-5-6-7-11-8-9-13-10(12)4-2/h4,8H,2-3,5-7,9H2,1H3. The molecule has 0 unspecified atom stereocenters. The molecule has 0 saturated carbocycles. The van der Waals surface area contributed by atoms with Gasteiger partial charge in [-0.3, -0.25) is 4.99 Å². The summed E-state index contributed by atoms with van der Waals surface area (Å²) in [5.41, 5.74) is 0. The van der Waals surface area contributed by atoms with Crippen molar-refractivity contribution in [3.63, 3.8) is 0 Å². The van der Waals surface area contributed by atoms with Gasteiger partial charge < -0.3 is 4.74 Å². The van der Waals surface area contributed by atoms with Gasteiger partial charge in [-0.15, -0.1) is 0 Å². The lowest BCUT2D eigenvalue weighted by molar-refractivity contribution is -0.135. The summed E-state index contributed by atoms with van der Waals surface area (Å²) < 4.78 is 4.69. The SMILES string of the molecule is C=CC(=O)OCC=NCCCCC. The van der Waals surface area contributed by atoms with E-state index in [2.05, 4.69) is 18.5 Å². The van der Waals surface area contributed by atoms with Crippen LogP contribution < -0.4 is 0 Å². The van der Waals surface area contributed by atoms with E-state index in [-0.39, 0.29) is 6.61 Å². The molecule has 13 heavy (non-hydrogen) atoms. The molecule has 0 spiro atoms. The molecule has 0 saturated heterocycles. The van der Waals surface area contributed by atoms with Crippen molar-refractivity contribution in [1.29, 1.82) is 0 Å². The smallest absolute Gasteiger partial charge is 0.330 e. The fourth-order valence-electron chi connectivity index (χ4n) is 0.775. The van der Waals surface area contributed by atoms with Crippen LogP contribution in [0.2, 0.25) is 0 Å². The van der Waals surface area contributed by atoms with E-state index in [9.17, 15) is 4.79 Å². The number of carbonyl (C=O) groups is 1. The molecule has 0 heterocycles. The van der Waals surface area contributed by atoms with Crippen LogP contribution in [-0.4, -0.2) is 25.3 Å². The molecule has 0 radical (unpaired) electrons. The number of rotatable bonds is 7. The topological polar surface area (TPSA) is 38.7 Å². The number of carbonyl (C=O) groups excluding carboxylic acids is 1. The van der Waals surface area contributed by atoms with Crippen molar-refractivity contribution in [3.05, 3.63) is 12.7 Å². The Bertz CT molecular complexity index is 176. The van der Waals surface area contributed by atoms with Crippen molar-refractivity contribution in [2.75, 3.05) is 13.2 Å². The zero-order valence-electron chi connectivity index (χ0n) is 8.16. The molecule has 0 aliphatic rings. The van der Waals surface area contributed by atoms with Gasteiger partial charge in [-0.05, 0) is 6.42 Å². The third-order valence-corrected chi connectivity index (χ3v) is 1.49.